The zero-order valence-corrected chi connectivity index (χ0v) is 11.9. The Morgan fingerprint density at radius 2 is 2.26 bits per heavy atom. The van der Waals surface area contributed by atoms with Gasteiger partial charge in [-0.05, 0) is 43.9 Å². The second-order valence-electron chi connectivity index (χ2n) is 5.00. The molecule has 0 aliphatic carbocycles. The summed E-state index contributed by atoms with van der Waals surface area (Å²) in [5.41, 5.74) is 1.99. The molecule has 0 bridgehead atoms. The van der Waals surface area contributed by atoms with Crippen molar-refractivity contribution >= 4 is 5.82 Å². The molecule has 106 valence electrons. The number of aromatic nitrogens is 1. The summed E-state index contributed by atoms with van der Waals surface area (Å²) in [5, 5.41) is 9.35. The molecule has 1 aromatic rings. The van der Waals surface area contributed by atoms with E-state index in [9.17, 15) is 5.11 Å². The lowest BCUT2D eigenvalue weighted by molar-refractivity contribution is 0.0525. The molecule has 4 heteroatoms. The number of rotatable bonds is 5. The Balaban J connectivity index is 2.15. The van der Waals surface area contributed by atoms with Crippen LogP contribution in [-0.4, -0.2) is 35.9 Å². The van der Waals surface area contributed by atoms with Gasteiger partial charge in [-0.2, -0.15) is 0 Å². The van der Waals surface area contributed by atoms with E-state index in [0.29, 0.717) is 6.10 Å². The molecule has 4 nitrogen and oxygen atoms in total. The van der Waals surface area contributed by atoms with E-state index in [1.165, 1.54) is 0 Å². The first-order chi connectivity index (χ1) is 9.26. The molecule has 0 saturated carbocycles. The third-order valence-corrected chi connectivity index (χ3v) is 3.57. The molecular formula is C15H24N2O2. The van der Waals surface area contributed by atoms with E-state index in [1.54, 1.807) is 0 Å². The van der Waals surface area contributed by atoms with E-state index in [4.69, 9.17) is 4.74 Å². The van der Waals surface area contributed by atoms with Crippen LogP contribution in [0.2, 0.25) is 0 Å². The summed E-state index contributed by atoms with van der Waals surface area (Å²) < 4.78 is 5.73. The molecule has 1 saturated heterocycles. The van der Waals surface area contributed by atoms with Crippen molar-refractivity contribution in [2.45, 2.75) is 45.8 Å². The number of nitrogens with zero attached hydrogens (tertiary/aromatic N) is 2. The van der Waals surface area contributed by atoms with Crippen LogP contribution in [0.4, 0.5) is 5.82 Å². The number of anilines is 1. The molecule has 19 heavy (non-hydrogen) atoms. The highest BCUT2D eigenvalue weighted by atomic mass is 16.5. The number of aliphatic hydroxyl groups is 1. The van der Waals surface area contributed by atoms with Gasteiger partial charge in [-0.1, -0.05) is 6.92 Å². The average molecular weight is 264 g/mol. The van der Waals surface area contributed by atoms with Gasteiger partial charge in [-0.3, -0.25) is 0 Å². The predicted octanol–water partition coefficient (Wildman–Crippen LogP) is 2.14. The van der Waals surface area contributed by atoms with Gasteiger partial charge in [-0.15, -0.1) is 0 Å². The second kappa shape index (κ2) is 6.87. The smallest absolute Gasteiger partial charge is 0.129 e. The van der Waals surface area contributed by atoms with E-state index in [1.807, 2.05) is 19.1 Å². The zero-order valence-electron chi connectivity index (χ0n) is 11.9. The summed E-state index contributed by atoms with van der Waals surface area (Å²) in [6.07, 6.45) is 3.47. The van der Waals surface area contributed by atoms with Crippen molar-refractivity contribution in [2.75, 3.05) is 24.6 Å². The molecule has 0 radical (unpaired) electrons. The lowest BCUT2D eigenvalue weighted by Gasteiger charge is -2.33. The summed E-state index contributed by atoms with van der Waals surface area (Å²) in [6.45, 7) is 6.90. The average Bonchev–Trinajstić information content (AvgIpc) is 2.47. The maximum absolute atomic E-state index is 9.35. The summed E-state index contributed by atoms with van der Waals surface area (Å²) in [5.74, 6) is 0.979. The summed E-state index contributed by atoms with van der Waals surface area (Å²) >= 11 is 0. The molecule has 1 atom stereocenters. The van der Waals surface area contributed by atoms with Crippen molar-refractivity contribution in [3.8, 4) is 0 Å². The first-order valence-corrected chi connectivity index (χ1v) is 7.24. The Morgan fingerprint density at radius 3 is 2.95 bits per heavy atom. The Labute approximate surface area is 115 Å². The number of hydrogen-bond acceptors (Lipinski definition) is 4. The summed E-state index contributed by atoms with van der Waals surface area (Å²) in [7, 11) is 0. The molecule has 1 aliphatic rings. The molecule has 0 amide bonds. The van der Waals surface area contributed by atoms with Gasteiger partial charge in [0.25, 0.3) is 0 Å². The normalized spacial score (nSPS) is 19.7. The molecule has 1 aliphatic heterocycles. The van der Waals surface area contributed by atoms with Gasteiger partial charge < -0.3 is 14.7 Å². The standard InChI is InChI=1S/C15H24N2O2/c1-3-13-8-12(11-18)9-15(16-13)17-7-5-6-14(10-17)19-4-2/h8-9,14,18H,3-7,10-11H2,1-2H3. The van der Waals surface area contributed by atoms with Crippen LogP contribution in [0.5, 0.6) is 0 Å². The predicted molar refractivity (Wildman–Crippen MR) is 76.4 cm³/mol. The summed E-state index contributed by atoms with van der Waals surface area (Å²) in [4.78, 5) is 6.96. The molecule has 0 aromatic carbocycles. The number of aryl methyl sites for hydroxylation is 1. The van der Waals surface area contributed by atoms with Crippen molar-refractivity contribution in [2.24, 2.45) is 0 Å². The van der Waals surface area contributed by atoms with Crippen LogP contribution in [0.3, 0.4) is 0 Å². The van der Waals surface area contributed by atoms with Crippen LogP contribution in [0.1, 0.15) is 37.9 Å². The topological polar surface area (TPSA) is 45.6 Å². The van der Waals surface area contributed by atoms with Gasteiger partial charge in [0.15, 0.2) is 0 Å². The van der Waals surface area contributed by atoms with Crippen LogP contribution in [0.15, 0.2) is 12.1 Å². The SMILES string of the molecule is CCOC1CCCN(c2cc(CO)cc(CC)n2)C1. The number of hydrogen-bond donors (Lipinski definition) is 1. The van der Waals surface area contributed by atoms with Crippen LogP contribution in [0.25, 0.3) is 0 Å². The van der Waals surface area contributed by atoms with E-state index in [-0.39, 0.29) is 6.61 Å². The van der Waals surface area contributed by atoms with E-state index < -0.39 is 0 Å². The van der Waals surface area contributed by atoms with Gasteiger partial charge in [0.1, 0.15) is 5.82 Å². The monoisotopic (exact) mass is 264 g/mol. The minimum Gasteiger partial charge on any atom is -0.392 e. The highest BCUT2D eigenvalue weighted by molar-refractivity contribution is 5.43. The first kappa shape index (κ1) is 14.3. The maximum atomic E-state index is 9.35. The highest BCUT2D eigenvalue weighted by Crippen LogP contribution is 2.21. The minimum absolute atomic E-state index is 0.0747. The summed E-state index contributed by atoms with van der Waals surface area (Å²) in [6, 6.07) is 3.97. The van der Waals surface area contributed by atoms with Crippen LogP contribution >= 0.6 is 0 Å². The van der Waals surface area contributed by atoms with Gasteiger partial charge in [0.2, 0.25) is 0 Å². The largest absolute Gasteiger partial charge is 0.392 e. The van der Waals surface area contributed by atoms with E-state index in [2.05, 4.69) is 16.8 Å². The Kier molecular flexibility index (Phi) is 5.16. The molecule has 0 spiro atoms. The molecular weight excluding hydrogens is 240 g/mol. The van der Waals surface area contributed by atoms with Crippen LogP contribution < -0.4 is 4.90 Å². The van der Waals surface area contributed by atoms with Crippen molar-refractivity contribution in [3.05, 3.63) is 23.4 Å². The highest BCUT2D eigenvalue weighted by Gasteiger charge is 2.21. The van der Waals surface area contributed by atoms with Crippen molar-refractivity contribution in [3.63, 3.8) is 0 Å². The van der Waals surface area contributed by atoms with Crippen LogP contribution in [-0.2, 0) is 17.8 Å². The second-order valence-corrected chi connectivity index (χ2v) is 5.00. The molecule has 2 rings (SSSR count). The Bertz CT molecular complexity index is 385. The van der Waals surface area contributed by atoms with E-state index in [0.717, 1.165) is 56.0 Å². The molecule has 1 fully saturated rings. The van der Waals surface area contributed by atoms with Gasteiger partial charge >= 0.3 is 0 Å². The van der Waals surface area contributed by atoms with E-state index >= 15 is 0 Å². The quantitative estimate of drug-likeness (QED) is 0.885. The fourth-order valence-electron chi connectivity index (χ4n) is 2.59. The number of pyridine rings is 1. The third-order valence-electron chi connectivity index (χ3n) is 3.57. The van der Waals surface area contributed by atoms with Gasteiger partial charge in [-0.25, -0.2) is 4.98 Å². The van der Waals surface area contributed by atoms with Gasteiger partial charge in [0, 0.05) is 25.4 Å². The van der Waals surface area contributed by atoms with Crippen LogP contribution in [0, 0.1) is 0 Å². The minimum atomic E-state index is 0.0747. The molecule has 1 N–H and O–H groups in total. The van der Waals surface area contributed by atoms with Crippen molar-refractivity contribution in [1.82, 2.24) is 4.98 Å². The Morgan fingerprint density at radius 1 is 1.42 bits per heavy atom. The lowest BCUT2D eigenvalue weighted by Crippen LogP contribution is -2.40. The van der Waals surface area contributed by atoms with Crippen molar-refractivity contribution < 1.29 is 9.84 Å². The zero-order chi connectivity index (χ0) is 13.7. The number of piperidine rings is 1. The fraction of sp³-hybridized carbons (Fsp3) is 0.667. The lowest BCUT2D eigenvalue weighted by atomic mass is 10.1. The molecule has 1 unspecified atom stereocenters. The molecule has 1 aromatic heterocycles. The molecule has 2 heterocycles. The Hall–Kier alpha value is -1.13. The van der Waals surface area contributed by atoms with Crippen molar-refractivity contribution in [1.29, 1.82) is 0 Å². The third kappa shape index (κ3) is 3.67. The van der Waals surface area contributed by atoms with Gasteiger partial charge in [0.05, 0.1) is 12.7 Å². The first-order valence-electron chi connectivity index (χ1n) is 7.24. The fourth-order valence-corrected chi connectivity index (χ4v) is 2.59. The maximum Gasteiger partial charge on any atom is 0.129 e. The number of ether oxygens (including phenoxy) is 1. The number of aliphatic hydroxyl groups excluding tert-OH is 1.